The average Bonchev–Trinajstić information content (AvgIpc) is 3.82. The maximum Gasteiger partial charge on any atom is 0.387 e. The number of halogens is 4. The molecule has 1 fully saturated rings. The van der Waals surface area contributed by atoms with Crippen molar-refractivity contribution >= 4 is 39.2 Å². The van der Waals surface area contributed by atoms with Crippen molar-refractivity contribution < 1.29 is 36.2 Å². The Kier molecular flexibility index (Phi) is 13.2. The largest absolute Gasteiger partial charge is 0.489 e. The number of nitrogens with one attached hydrogen (secondary N) is 1. The zero-order valence-electron chi connectivity index (χ0n) is 24.7. The number of hydrogen-bond donors (Lipinski definition) is 1. The van der Waals surface area contributed by atoms with Crippen LogP contribution in [0.15, 0.2) is 81.7 Å². The standard InChI is InChI=1S/C31H36Cl2F2N2O6S/c1-5-25(32)24(26(33)6-2)18-28(22-11-14-27(43-31(34)35)29(17-22)41-19-20-7-8-20)42-30(38)21-9-12-23(13-10-21)44(39,40)36-15-16-37(3)4/h5-6,9-14,17,20,28,31,36H,1,7-8,15-16,18-19H2,2-4H3/b25-24+,26-6+/t28-/m0/s1. The maximum atomic E-state index is 13.4. The summed E-state index contributed by atoms with van der Waals surface area (Å²) >= 11 is 12.9. The monoisotopic (exact) mass is 672 g/mol. The Hall–Kier alpha value is -2.96. The minimum Gasteiger partial charge on any atom is -0.489 e. The number of alkyl halides is 2. The number of sulfonamides is 1. The Balaban J connectivity index is 1.94. The van der Waals surface area contributed by atoms with Crippen molar-refractivity contribution in [2.75, 3.05) is 33.8 Å². The van der Waals surface area contributed by atoms with E-state index in [0.29, 0.717) is 35.2 Å². The first-order valence-electron chi connectivity index (χ1n) is 13.8. The zero-order valence-corrected chi connectivity index (χ0v) is 27.0. The molecule has 13 heteroatoms. The summed E-state index contributed by atoms with van der Waals surface area (Å²) in [4.78, 5) is 15.2. The van der Waals surface area contributed by atoms with Gasteiger partial charge in [0.1, 0.15) is 6.10 Å². The number of esters is 1. The van der Waals surface area contributed by atoms with Crippen LogP contribution < -0.4 is 14.2 Å². The summed E-state index contributed by atoms with van der Waals surface area (Å²) in [7, 11) is -0.138. The van der Waals surface area contributed by atoms with Crippen LogP contribution in [-0.4, -0.2) is 59.7 Å². The van der Waals surface area contributed by atoms with Gasteiger partial charge in [0.05, 0.1) is 17.1 Å². The molecule has 1 N–H and O–H groups in total. The van der Waals surface area contributed by atoms with Crippen LogP contribution in [-0.2, 0) is 14.8 Å². The lowest BCUT2D eigenvalue weighted by molar-refractivity contribution is -0.0515. The number of benzene rings is 2. The van der Waals surface area contributed by atoms with E-state index in [2.05, 4.69) is 16.0 Å². The third-order valence-corrected chi connectivity index (χ3v) is 8.93. The molecule has 44 heavy (non-hydrogen) atoms. The highest BCUT2D eigenvalue weighted by atomic mass is 35.5. The molecule has 0 aliphatic heterocycles. The molecule has 8 nitrogen and oxygen atoms in total. The van der Waals surface area contributed by atoms with Gasteiger partial charge in [-0.15, -0.1) is 0 Å². The smallest absolute Gasteiger partial charge is 0.387 e. The van der Waals surface area contributed by atoms with Gasteiger partial charge in [-0.2, -0.15) is 8.78 Å². The molecule has 0 spiro atoms. The second-order valence-corrected chi connectivity index (χ2v) is 12.9. The van der Waals surface area contributed by atoms with E-state index in [1.54, 1.807) is 13.0 Å². The van der Waals surface area contributed by atoms with E-state index in [0.717, 1.165) is 12.8 Å². The quantitative estimate of drug-likeness (QED) is 0.142. The average molecular weight is 674 g/mol. The van der Waals surface area contributed by atoms with Gasteiger partial charge in [-0.05, 0) is 87.3 Å². The minimum absolute atomic E-state index is 0.000853. The fraction of sp³-hybridized carbons (Fsp3) is 0.387. The number of hydrogen-bond acceptors (Lipinski definition) is 7. The fourth-order valence-electron chi connectivity index (χ4n) is 4.00. The van der Waals surface area contributed by atoms with Crippen LogP contribution in [0, 0.1) is 5.92 Å². The van der Waals surface area contributed by atoms with Crippen molar-refractivity contribution in [3.8, 4) is 11.5 Å². The number of carbonyl (C=O) groups is 1. The molecule has 1 aliphatic rings. The van der Waals surface area contributed by atoms with Crippen molar-refractivity contribution in [3.05, 3.63) is 88.0 Å². The third kappa shape index (κ3) is 10.6. The van der Waals surface area contributed by atoms with Gasteiger partial charge < -0.3 is 19.1 Å². The number of ether oxygens (including phenoxy) is 3. The van der Waals surface area contributed by atoms with Crippen molar-refractivity contribution in [1.29, 1.82) is 0 Å². The number of carbonyl (C=O) groups excluding carboxylic acids is 1. The zero-order chi connectivity index (χ0) is 32.4. The van der Waals surface area contributed by atoms with Crippen LogP contribution in [0.4, 0.5) is 8.78 Å². The lowest BCUT2D eigenvalue weighted by Gasteiger charge is -2.22. The van der Waals surface area contributed by atoms with Crippen molar-refractivity contribution in [2.24, 2.45) is 5.92 Å². The van der Waals surface area contributed by atoms with Crippen molar-refractivity contribution in [2.45, 2.75) is 43.8 Å². The number of nitrogens with zero attached hydrogens (tertiary/aromatic N) is 1. The highest BCUT2D eigenvalue weighted by Gasteiger charge is 2.26. The first-order chi connectivity index (χ1) is 20.8. The molecule has 0 saturated heterocycles. The summed E-state index contributed by atoms with van der Waals surface area (Å²) in [5.41, 5.74) is 0.923. The predicted octanol–water partition coefficient (Wildman–Crippen LogP) is 7.03. The lowest BCUT2D eigenvalue weighted by Crippen LogP contribution is -2.31. The van der Waals surface area contributed by atoms with Gasteiger partial charge in [-0.1, -0.05) is 48.0 Å². The Morgan fingerprint density at radius 3 is 2.39 bits per heavy atom. The topological polar surface area (TPSA) is 94.2 Å². The molecule has 2 aromatic rings. The molecule has 1 aliphatic carbocycles. The van der Waals surface area contributed by atoms with Crippen LogP contribution in [0.2, 0.25) is 0 Å². The van der Waals surface area contributed by atoms with E-state index in [9.17, 15) is 22.0 Å². The van der Waals surface area contributed by atoms with Crippen LogP contribution in [0.1, 0.15) is 48.2 Å². The second kappa shape index (κ2) is 16.4. The van der Waals surface area contributed by atoms with Gasteiger partial charge in [-0.3, -0.25) is 0 Å². The van der Waals surface area contributed by atoms with Gasteiger partial charge in [0.15, 0.2) is 11.5 Å². The van der Waals surface area contributed by atoms with Gasteiger partial charge in [0.25, 0.3) is 0 Å². The molecule has 0 unspecified atom stereocenters. The first kappa shape index (κ1) is 35.5. The van der Waals surface area contributed by atoms with E-state index in [1.165, 1.54) is 48.5 Å². The highest BCUT2D eigenvalue weighted by Crippen LogP contribution is 2.39. The van der Waals surface area contributed by atoms with Crippen LogP contribution in [0.5, 0.6) is 11.5 Å². The summed E-state index contributed by atoms with van der Waals surface area (Å²) < 4.78 is 70.4. The number of allylic oxidation sites excluding steroid dienone is 4. The van der Waals surface area contributed by atoms with Gasteiger partial charge in [0, 0.05) is 29.6 Å². The molecule has 2 aromatic carbocycles. The number of rotatable bonds is 17. The maximum absolute atomic E-state index is 13.4. The van der Waals surface area contributed by atoms with Crippen LogP contribution in [0.3, 0.4) is 0 Å². The molecule has 0 heterocycles. The predicted molar refractivity (Wildman–Crippen MR) is 167 cm³/mol. The first-order valence-corrected chi connectivity index (χ1v) is 16.1. The van der Waals surface area contributed by atoms with Gasteiger partial charge in [-0.25, -0.2) is 17.9 Å². The minimum atomic E-state index is -3.79. The molecule has 1 atom stereocenters. The summed E-state index contributed by atoms with van der Waals surface area (Å²) in [6, 6.07) is 9.59. The van der Waals surface area contributed by atoms with Crippen LogP contribution in [0.25, 0.3) is 0 Å². The van der Waals surface area contributed by atoms with E-state index in [4.69, 9.17) is 32.7 Å². The van der Waals surface area contributed by atoms with E-state index >= 15 is 0 Å². The van der Waals surface area contributed by atoms with Crippen LogP contribution >= 0.6 is 23.2 Å². The second-order valence-electron chi connectivity index (χ2n) is 10.3. The Labute approximate surface area is 267 Å². The van der Waals surface area contributed by atoms with Crippen molar-refractivity contribution in [1.82, 2.24) is 9.62 Å². The summed E-state index contributed by atoms with van der Waals surface area (Å²) in [5, 5.41) is 0.531. The molecular weight excluding hydrogens is 637 g/mol. The summed E-state index contributed by atoms with van der Waals surface area (Å²) in [5.74, 6) is -0.518. The molecule has 0 amide bonds. The van der Waals surface area contributed by atoms with Gasteiger partial charge >= 0.3 is 12.6 Å². The Bertz CT molecular complexity index is 1480. The normalized spacial score (nSPS) is 15.2. The van der Waals surface area contributed by atoms with E-state index in [-0.39, 0.29) is 40.0 Å². The summed E-state index contributed by atoms with van der Waals surface area (Å²) in [6.45, 7) is 3.39. The summed E-state index contributed by atoms with van der Waals surface area (Å²) in [6.07, 6.45) is 3.97. The third-order valence-electron chi connectivity index (χ3n) is 6.63. The molecule has 3 rings (SSSR count). The highest BCUT2D eigenvalue weighted by molar-refractivity contribution is 7.89. The number of likely N-dealkylation sites (N-methyl/N-ethyl adjacent to an activating group) is 1. The lowest BCUT2D eigenvalue weighted by atomic mass is 9.99. The molecule has 1 saturated carbocycles. The molecule has 0 aromatic heterocycles. The van der Waals surface area contributed by atoms with E-state index < -0.39 is 28.7 Å². The SMILES string of the molecule is C=C/C(Cl)=C(C[C@H](OC(=O)c1ccc(S(=O)(=O)NCCN(C)C)cc1)c1ccc(OC(F)F)c(OCC2CC2)c1)\C(Cl)=C/C. The Morgan fingerprint density at radius 2 is 1.82 bits per heavy atom. The Morgan fingerprint density at radius 1 is 1.14 bits per heavy atom. The van der Waals surface area contributed by atoms with Crippen molar-refractivity contribution in [3.63, 3.8) is 0 Å². The van der Waals surface area contributed by atoms with Gasteiger partial charge in [0.2, 0.25) is 10.0 Å². The van der Waals surface area contributed by atoms with E-state index in [1.807, 2.05) is 19.0 Å². The molecule has 0 bridgehead atoms. The molecule has 0 radical (unpaired) electrons. The fourth-order valence-corrected chi connectivity index (χ4v) is 5.42. The molecule has 240 valence electrons. The molecular formula is C31H36Cl2F2N2O6S.